The third-order valence-corrected chi connectivity index (χ3v) is 14.8. The van der Waals surface area contributed by atoms with Crippen molar-refractivity contribution in [3.8, 4) is 33.6 Å². The highest BCUT2D eigenvalue weighted by molar-refractivity contribution is 6.20. The number of hydrogen-bond donors (Lipinski definition) is 0. The maximum Gasteiger partial charge on any atom is 0.0542 e. The fraction of sp³-hybridized carbons (Fsp3) is 0. The van der Waals surface area contributed by atoms with Gasteiger partial charge in [-0.15, -0.1) is 0 Å². The van der Waals surface area contributed by atoms with E-state index >= 15 is 0 Å². The molecule has 0 amide bonds. The van der Waals surface area contributed by atoms with E-state index in [2.05, 4.69) is 263 Å². The Bertz CT molecular complexity index is 4260. The maximum atomic E-state index is 2.49. The van der Waals surface area contributed by atoms with Crippen molar-refractivity contribution in [2.75, 3.05) is 4.90 Å². The Kier molecular flexibility index (Phi) is 8.07. The van der Waals surface area contributed by atoms with Gasteiger partial charge in [-0.25, -0.2) is 0 Å². The van der Waals surface area contributed by atoms with Gasteiger partial charge in [0.1, 0.15) is 0 Å². The highest BCUT2D eigenvalue weighted by atomic mass is 15.1. The van der Waals surface area contributed by atoms with E-state index in [9.17, 15) is 0 Å². The molecular formula is C66H41N3. The minimum atomic E-state index is 1.09. The third kappa shape index (κ3) is 5.50. The molecule has 320 valence electrons. The monoisotopic (exact) mass is 875 g/mol. The molecule has 0 saturated heterocycles. The van der Waals surface area contributed by atoms with Gasteiger partial charge >= 0.3 is 0 Å². The summed E-state index contributed by atoms with van der Waals surface area (Å²) in [5.41, 5.74) is 23.1. The van der Waals surface area contributed by atoms with Gasteiger partial charge in [-0.1, -0.05) is 170 Å². The number of fused-ring (bicyclic) bond motifs is 13. The molecule has 11 aromatic carbocycles. The first-order valence-corrected chi connectivity index (χ1v) is 23.8. The number of anilines is 3. The fourth-order valence-corrected chi connectivity index (χ4v) is 11.9. The Morgan fingerprint density at radius 2 is 0.667 bits per heavy atom. The smallest absolute Gasteiger partial charge is 0.0542 e. The molecule has 2 heterocycles. The lowest BCUT2D eigenvalue weighted by molar-refractivity contribution is 1.18. The molecule has 2 aromatic heterocycles. The van der Waals surface area contributed by atoms with Crippen molar-refractivity contribution in [3.63, 3.8) is 0 Å². The van der Waals surface area contributed by atoms with Crippen LogP contribution >= 0.6 is 0 Å². The summed E-state index contributed by atoms with van der Waals surface area (Å²) in [4.78, 5) is 2.49. The first kappa shape index (κ1) is 38.0. The topological polar surface area (TPSA) is 13.1 Å². The molecular weight excluding hydrogens is 835 g/mol. The summed E-state index contributed by atoms with van der Waals surface area (Å²) in [6.45, 7) is 0. The Morgan fingerprint density at radius 1 is 0.246 bits per heavy atom. The Morgan fingerprint density at radius 3 is 1.29 bits per heavy atom. The summed E-state index contributed by atoms with van der Waals surface area (Å²) in [6.07, 6.45) is 0. The van der Waals surface area contributed by atoms with Gasteiger partial charge in [0.15, 0.2) is 0 Å². The van der Waals surface area contributed by atoms with Gasteiger partial charge in [0.05, 0.1) is 27.8 Å². The van der Waals surface area contributed by atoms with E-state index in [4.69, 9.17) is 0 Å². The van der Waals surface area contributed by atoms with E-state index in [1.165, 1.54) is 116 Å². The Balaban J connectivity index is 1.00. The summed E-state index contributed by atoms with van der Waals surface area (Å²) in [6, 6.07) is 91.9. The second-order valence-electron chi connectivity index (χ2n) is 18.4. The van der Waals surface area contributed by atoms with Crippen LogP contribution in [0.1, 0.15) is 22.3 Å². The molecule has 3 nitrogen and oxygen atoms in total. The van der Waals surface area contributed by atoms with E-state index < -0.39 is 0 Å². The number of benzene rings is 11. The molecule has 0 N–H and O–H groups in total. The summed E-state index contributed by atoms with van der Waals surface area (Å²) in [5, 5.41) is 7.32. The molecule has 0 bridgehead atoms. The van der Waals surface area contributed by atoms with Crippen LogP contribution in [0.2, 0.25) is 0 Å². The van der Waals surface area contributed by atoms with Crippen LogP contribution in [-0.4, -0.2) is 9.13 Å². The normalized spacial score (nSPS) is 12.6. The SMILES string of the molecule is c1ccc(-n2c3ccccc3c3cc(N(c4ccc5c(c4)C(=C4c6ccccc6-c6ccccc64)c4ccccc4-5)c4ccc5c(c4)c4ccccc4n5-c4cccc5ccccc45)ccc32)cc1. The van der Waals surface area contributed by atoms with Crippen molar-refractivity contribution >= 4 is 82.6 Å². The molecule has 69 heavy (non-hydrogen) atoms. The van der Waals surface area contributed by atoms with Crippen LogP contribution in [0.5, 0.6) is 0 Å². The molecule has 2 aliphatic rings. The molecule has 13 aromatic rings. The Hall–Kier alpha value is -9.18. The van der Waals surface area contributed by atoms with Gasteiger partial charge in [0.2, 0.25) is 0 Å². The van der Waals surface area contributed by atoms with Crippen LogP contribution in [0.4, 0.5) is 17.1 Å². The number of para-hydroxylation sites is 3. The molecule has 0 atom stereocenters. The molecule has 3 heteroatoms. The van der Waals surface area contributed by atoms with Gasteiger partial charge in [0, 0.05) is 49.7 Å². The number of aromatic nitrogens is 2. The second kappa shape index (κ2) is 14.7. The lowest BCUT2D eigenvalue weighted by atomic mass is 9.91. The zero-order chi connectivity index (χ0) is 45.2. The molecule has 0 radical (unpaired) electrons. The van der Waals surface area contributed by atoms with Crippen LogP contribution in [0, 0.1) is 0 Å². The molecule has 15 rings (SSSR count). The third-order valence-electron chi connectivity index (χ3n) is 14.8. The largest absolute Gasteiger partial charge is 0.310 e. The van der Waals surface area contributed by atoms with Gasteiger partial charge in [-0.05, 0) is 140 Å². The van der Waals surface area contributed by atoms with Gasteiger partial charge in [-0.2, -0.15) is 0 Å². The quantitative estimate of drug-likeness (QED) is 0.168. The van der Waals surface area contributed by atoms with Crippen molar-refractivity contribution < 1.29 is 0 Å². The minimum absolute atomic E-state index is 1.09. The molecule has 0 unspecified atom stereocenters. The van der Waals surface area contributed by atoms with Crippen LogP contribution < -0.4 is 4.90 Å². The zero-order valence-corrected chi connectivity index (χ0v) is 37.5. The van der Waals surface area contributed by atoms with Crippen molar-refractivity contribution in [2.24, 2.45) is 0 Å². The van der Waals surface area contributed by atoms with Crippen molar-refractivity contribution in [3.05, 3.63) is 271 Å². The maximum absolute atomic E-state index is 2.49. The number of rotatable bonds is 5. The van der Waals surface area contributed by atoms with E-state index in [0.29, 0.717) is 0 Å². The number of nitrogens with zero attached hydrogens (tertiary/aromatic N) is 3. The summed E-state index contributed by atoms with van der Waals surface area (Å²) < 4.78 is 4.85. The van der Waals surface area contributed by atoms with Crippen molar-refractivity contribution in [2.45, 2.75) is 0 Å². The van der Waals surface area contributed by atoms with Gasteiger partial charge < -0.3 is 14.0 Å². The average molecular weight is 876 g/mol. The first-order valence-electron chi connectivity index (χ1n) is 23.8. The Labute approximate surface area is 399 Å². The summed E-state index contributed by atoms with van der Waals surface area (Å²) in [5.74, 6) is 0. The van der Waals surface area contributed by atoms with Gasteiger partial charge in [-0.3, -0.25) is 0 Å². The lowest BCUT2D eigenvalue weighted by Gasteiger charge is -2.27. The lowest BCUT2D eigenvalue weighted by Crippen LogP contribution is -2.10. The summed E-state index contributed by atoms with van der Waals surface area (Å²) in [7, 11) is 0. The molecule has 0 saturated carbocycles. The van der Waals surface area contributed by atoms with Crippen molar-refractivity contribution in [1.82, 2.24) is 9.13 Å². The number of hydrogen-bond acceptors (Lipinski definition) is 1. The average Bonchev–Trinajstić information content (AvgIpc) is 4.13. The first-order chi connectivity index (χ1) is 34.3. The van der Waals surface area contributed by atoms with E-state index in [-0.39, 0.29) is 0 Å². The standard InChI is InChI=1S/C66H41N3/c1-2-19-43(20-3-1)68-61-30-14-12-25-52(61)57-39-45(34-37-63(57)68)67(46-35-38-64-58(40-46)53-26-13-15-31-62(53)69(64)60-32-16-18-42-17-4-5-21-47(42)60)44-33-36-51-50-24-8-11-29-56(50)66(59(51)41-44)65-54-27-9-6-22-48(54)49-23-7-10-28-55(49)65/h1-41H. The summed E-state index contributed by atoms with van der Waals surface area (Å²) >= 11 is 0. The fourth-order valence-electron chi connectivity index (χ4n) is 11.9. The molecule has 2 aliphatic carbocycles. The van der Waals surface area contributed by atoms with Crippen LogP contribution in [0.3, 0.4) is 0 Å². The van der Waals surface area contributed by atoms with Crippen LogP contribution in [-0.2, 0) is 0 Å². The van der Waals surface area contributed by atoms with E-state index in [1.807, 2.05) is 0 Å². The van der Waals surface area contributed by atoms with E-state index in [1.54, 1.807) is 0 Å². The van der Waals surface area contributed by atoms with Gasteiger partial charge in [0.25, 0.3) is 0 Å². The van der Waals surface area contributed by atoms with E-state index in [0.717, 1.165) is 22.7 Å². The predicted octanol–water partition coefficient (Wildman–Crippen LogP) is 17.5. The highest BCUT2D eigenvalue weighted by Crippen LogP contribution is 2.55. The second-order valence-corrected chi connectivity index (χ2v) is 18.4. The van der Waals surface area contributed by atoms with Crippen LogP contribution in [0.15, 0.2) is 249 Å². The molecule has 0 aliphatic heterocycles. The zero-order valence-electron chi connectivity index (χ0n) is 37.5. The van der Waals surface area contributed by atoms with Crippen LogP contribution in [0.25, 0.3) is 99.2 Å². The highest BCUT2D eigenvalue weighted by Gasteiger charge is 2.33. The molecule has 0 fully saturated rings. The predicted molar refractivity (Wildman–Crippen MR) is 290 cm³/mol. The van der Waals surface area contributed by atoms with Crippen molar-refractivity contribution in [1.29, 1.82) is 0 Å². The minimum Gasteiger partial charge on any atom is -0.310 e. The molecule has 0 spiro atoms.